The summed E-state index contributed by atoms with van der Waals surface area (Å²) < 4.78 is 14.1. The Bertz CT molecular complexity index is 1870. The number of aromatic nitrogens is 3. The molecule has 42 heavy (non-hydrogen) atoms. The van der Waals surface area contributed by atoms with Crippen molar-refractivity contribution in [2.45, 2.75) is 40.2 Å². The number of hydrogen-bond donors (Lipinski definition) is 1. The molecule has 1 N–H and O–H groups in total. The number of Topliss-reactive ketones (excluding diaryl/α,β-unsaturated/α-hetero) is 1. The molecule has 1 amide bonds. The van der Waals surface area contributed by atoms with Gasteiger partial charge in [0.15, 0.2) is 10.9 Å². The summed E-state index contributed by atoms with van der Waals surface area (Å²) in [5, 5.41) is 12.1. The Labute approximate surface area is 246 Å². The van der Waals surface area contributed by atoms with Gasteiger partial charge in [-0.2, -0.15) is 0 Å². The molecule has 1 saturated heterocycles. The van der Waals surface area contributed by atoms with Gasteiger partial charge in [-0.05, 0) is 74.7 Å². The molecule has 2 aromatic carbocycles. The highest BCUT2D eigenvalue weighted by atomic mass is 32.1. The minimum Gasteiger partial charge on any atom is -0.505 e. The Morgan fingerprint density at radius 1 is 1.00 bits per heavy atom. The fraction of sp³-hybridized carbons (Fsp3) is 0.250. The van der Waals surface area contributed by atoms with Crippen molar-refractivity contribution in [1.82, 2.24) is 14.4 Å². The van der Waals surface area contributed by atoms with Crippen molar-refractivity contribution in [1.29, 1.82) is 0 Å². The van der Waals surface area contributed by atoms with E-state index in [4.69, 9.17) is 14.5 Å². The fourth-order valence-electron chi connectivity index (χ4n) is 5.24. The lowest BCUT2D eigenvalue weighted by Crippen LogP contribution is -2.29. The number of aryl methyl sites for hydroxylation is 2. The third kappa shape index (κ3) is 4.57. The van der Waals surface area contributed by atoms with Gasteiger partial charge in [-0.3, -0.25) is 14.5 Å². The number of fused-ring (bicyclic) bond motifs is 2. The number of aliphatic hydroxyl groups is 1. The number of amides is 1. The van der Waals surface area contributed by atoms with Crippen molar-refractivity contribution < 1.29 is 24.2 Å². The molecule has 4 heterocycles. The Morgan fingerprint density at radius 3 is 2.48 bits per heavy atom. The molecule has 1 aliphatic rings. The van der Waals surface area contributed by atoms with E-state index in [-0.39, 0.29) is 17.0 Å². The Morgan fingerprint density at radius 2 is 1.76 bits per heavy atom. The summed E-state index contributed by atoms with van der Waals surface area (Å²) in [6.07, 6.45) is 2.71. The van der Waals surface area contributed by atoms with E-state index in [1.807, 2.05) is 80.8 Å². The van der Waals surface area contributed by atoms with Crippen LogP contribution in [0.5, 0.6) is 11.5 Å². The van der Waals surface area contributed by atoms with Crippen LogP contribution in [0.25, 0.3) is 21.6 Å². The molecule has 3 aromatic heterocycles. The maximum Gasteiger partial charge on any atom is 0.301 e. The molecule has 5 aromatic rings. The van der Waals surface area contributed by atoms with E-state index < -0.39 is 17.7 Å². The van der Waals surface area contributed by atoms with Crippen molar-refractivity contribution in [2.24, 2.45) is 0 Å². The molecule has 0 bridgehead atoms. The summed E-state index contributed by atoms with van der Waals surface area (Å²) in [6, 6.07) is 15.6. The lowest BCUT2D eigenvalue weighted by atomic mass is 9.96. The van der Waals surface area contributed by atoms with Crippen molar-refractivity contribution in [2.75, 3.05) is 18.1 Å². The monoisotopic (exact) mass is 582 g/mol. The van der Waals surface area contributed by atoms with Crippen molar-refractivity contribution in [3.05, 3.63) is 88.9 Å². The number of hydrogen-bond acceptors (Lipinski definition) is 8. The molecule has 6 rings (SSSR count). The van der Waals surface area contributed by atoms with Crippen LogP contribution in [0.2, 0.25) is 0 Å². The normalized spacial score (nSPS) is 16.6. The van der Waals surface area contributed by atoms with Crippen LogP contribution in [0.3, 0.4) is 0 Å². The lowest BCUT2D eigenvalue weighted by Gasteiger charge is -2.23. The van der Waals surface area contributed by atoms with Gasteiger partial charge in [0, 0.05) is 6.20 Å². The molecule has 1 aliphatic heterocycles. The maximum absolute atomic E-state index is 13.7. The first-order valence-electron chi connectivity index (χ1n) is 13.8. The van der Waals surface area contributed by atoms with Gasteiger partial charge >= 0.3 is 5.91 Å². The van der Waals surface area contributed by atoms with Crippen molar-refractivity contribution in [3.63, 3.8) is 0 Å². The van der Waals surface area contributed by atoms with Crippen LogP contribution in [0.4, 0.5) is 5.13 Å². The lowest BCUT2D eigenvalue weighted by molar-refractivity contribution is -0.132. The quantitative estimate of drug-likeness (QED) is 0.129. The number of carbonyl (C=O) groups is 2. The summed E-state index contributed by atoms with van der Waals surface area (Å²) in [4.78, 5) is 38.2. The number of ketones is 1. The Hall–Kier alpha value is -4.70. The third-order valence-electron chi connectivity index (χ3n) is 7.29. The number of anilines is 1. The van der Waals surface area contributed by atoms with Gasteiger partial charge in [-0.1, -0.05) is 36.5 Å². The molecule has 1 atom stereocenters. The number of ether oxygens (including phenoxy) is 2. The summed E-state index contributed by atoms with van der Waals surface area (Å²) in [6.45, 7) is 8.78. The van der Waals surface area contributed by atoms with Crippen LogP contribution in [0, 0.1) is 13.8 Å². The number of pyridine rings is 1. The van der Waals surface area contributed by atoms with Gasteiger partial charge < -0.3 is 19.0 Å². The van der Waals surface area contributed by atoms with Crippen LogP contribution in [0.1, 0.15) is 48.8 Å². The average molecular weight is 583 g/mol. The highest BCUT2D eigenvalue weighted by molar-refractivity contribution is 7.22. The summed E-state index contributed by atoms with van der Waals surface area (Å²) in [5.41, 5.74) is 3.75. The zero-order valence-electron chi connectivity index (χ0n) is 23.7. The van der Waals surface area contributed by atoms with Crippen LogP contribution < -0.4 is 14.4 Å². The molecule has 0 saturated carbocycles. The van der Waals surface area contributed by atoms with E-state index >= 15 is 0 Å². The molecule has 0 aliphatic carbocycles. The number of thiazole rings is 1. The summed E-state index contributed by atoms with van der Waals surface area (Å²) >= 11 is 1.28. The van der Waals surface area contributed by atoms with Gasteiger partial charge in [-0.25, -0.2) is 9.97 Å². The first kappa shape index (κ1) is 27.5. The maximum atomic E-state index is 13.7. The van der Waals surface area contributed by atoms with Crippen LogP contribution in [0.15, 0.2) is 66.4 Å². The largest absolute Gasteiger partial charge is 0.505 e. The SMILES string of the molecule is CCCOc1ccc(C2C(=C(O)c3nc4c(C)cccn4c3C)C(=O)C(=O)N2c2nc3ccc(OCC)cc3s2)cc1. The Kier molecular flexibility index (Phi) is 7.16. The van der Waals surface area contributed by atoms with Crippen molar-refractivity contribution in [3.8, 4) is 11.5 Å². The second-order valence-electron chi connectivity index (χ2n) is 10.1. The molecular formula is C32H30N4O5S. The number of nitrogens with zero attached hydrogens (tertiary/aromatic N) is 4. The molecule has 10 heteroatoms. The first-order valence-corrected chi connectivity index (χ1v) is 14.7. The van der Waals surface area contributed by atoms with Gasteiger partial charge in [0.05, 0.1) is 40.7 Å². The van der Waals surface area contributed by atoms with Crippen LogP contribution >= 0.6 is 11.3 Å². The molecular weight excluding hydrogens is 552 g/mol. The molecule has 214 valence electrons. The second-order valence-corrected chi connectivity index (χ2v) is 11.1. The number of carbonyl (C=O) groups excluding carboxylic acids is 2. The number of benzene rings is 2. The summed E-state index contributed by atoms with van der Waals surface area (Å²) in [7, 11) is 0. The summed E-state index contributed by atoms with van der Waals surface area (Å²) in [5.74, 6) is -0.528. The number of rotatable bonds is 8. The standard InChI is InChI=1S/C32H30N4O5S/c1-5-16-41-21-11-9-20(10-12-21)27-25(28(37)26-19(4)35-15-7-8-18(3)30(35)34-26)29(38)31(39)36(27)32-33-23-14-13-22(40-6-2)17-24(23)42-32/h7-15,17,27,37H,5-6,16H2,1-4H3. The smallest absolute Gasteiger partial charge is 0.301 e. The van der Waals surface area contributed by atoms with E-state index in [1.54, 1.807) is 12.1 Å². The topological polar surface area (TPSA) is 106 Å². The van der Waals surface area contributed by atoms with E-state index in [9.17, 15) is 14.7 Å². The molecule has 1 fully saturated rings. The van der Waals surface area contributed by atoms with Gasteiger partial charge in [0.25, 0.3) is 5.78 Å². The highest BCUT2D eigenvalue weighted by Crippen LogP contribution is 2.45. The minimum absolute atomic E-state index is 0.0411. The van der Waals surface area contributed by atoms with E-state index in [1.165, 1.54) is 16.2 Å². The van der Waals surface area contributed by atoms with Crippen LogP contribution in [-0.4, -0.2) is 44.4 Å². The number of imidazole rings is 1. The van der Waals surface area contributed by atoms with Crippen molar-refractivity contribution >= 4 is 49.8 Å². The fourth-order valence-corrected chi connectivity index (χ4v) is 6.26. The predicted octanol–water partition coefficient (Wildman–Crippen LogP) is 6.37. The van der Waals surface area contributed by atoms with E-state index in [0.29, 0.717) is 52.3 Å². The Balaban J connectivity index is 1.53. The van der Waals surface area contributed by atoms with Gasteiger partial charge in [0.1, 0.15) is 22.8 Å². The molecule has 0 spiro atoms. The third-order valence-corrected chi connectivity index (χ3v) is 8.30. The first-order chi connectivity index (χ1) is 20.3. The average Bonchev–Trinajstić information content (AvgIpc) is 3.64. The van der Waals surface area contributed by atoms with E-state index in [0.717, 1.165) is 16.7 Å². The minimum atomic E-state index is -0.928. The van der Waals surface area contributed by atoms with Gasteiger partial charge in [-0.15, -0.1) is 0 Å². The second kappa shape index (κ2) is 10.9. The molecule has 1 unspecified atom stereocenters. The predicted molar refractivity (Wildman–Crippen MR) is 162 cm³/mol. The van der Waals surface area contributed by atoms with Gasteiger partial charge in [0.2, 0.25) is 0 Å². The zero-order chi connectivity index (χ0) is 29.5. The highest BCUT2D eigenvalue weighted by Gasteiger charge is 2.48. The zero-order valence-corrected chi connectivity index (χ0v) is 24.6. The van der Waals surface area contributed by atoms with Crippen LogP contribution in [-0.2, 0) is 9.59 Å². The van der Waals surface area contributed by atoms with E-state index in [2.05, 4.69) is 4.98 Å². The molecule has 0 radical (unpaired) electrons. The molecule has 9 nitrogen and oxygen atoms in total. The number of aliphatic hydroxyl groups excluding tert-OH is 1.